The summed E-state index contributed by atoms with van der Waals surface area (Å²) in [4.78, 5) is 7.14. The molecule has 0 aliphatic heterocycles. The molecule has 0 amide bonds. The van der Waals surface area contributed by atoms with E-state index in [9.17, 15) is 26.0 Å². The first-order valence-electron chi connectivity index (χ1n) is 7.87. The van der Waals surface area contributed by atoms with Crippen LogP contribution < -0.4 is 4.72 Å². The molecule has 0 radical (unpaired) electrons. The topological polar surface area (TPSA) is 72.0 Å². The number of aryl methyl sites for hydroxylation is 1. The van der Waals surface area contributed by atoms with E-state index in [0.29, 0.717) is 5.56 Å². The molecule has 0 bridgehead atoms. The van der Waals surface area contributed by atoms with Gasteiger partial charge in [-0.2, -0.15) is 26.0 Å². The molecule has 146 valence electrons. The number of halogens is 4. The van der Waals surface area contributed by atoms with Crippen LogP contribution >= 0.6 is 0 Å². The molecular formula is C18H13F4N3O2S. The van der Waals surface area contributed by atoms with Crippen molar-refractivity contribution in [1.82, 2.24) is 9.97 Å². The predicted molar refractivity (Wildman–Crippen MR) is 94.4 cm³/mol. The lowest BCUT2D eigenvalue weighted by molar-refractivity contribution is -0.137. The van der Waals surface area contributed by atoms with E-state index in [1.165, 1.54) is 6.07 Å². The van der Waals surface area contributed by atoms with Gasteiger partial charge in [-0.25, -0.2) is 9.97 Å². The van der Waals surface area contributed by atoms with Crippen LogP contribution in [-0.2, 0) is 16.2 Å². The number of anilines is 1. The van der Waals surface area contributed by atoms with E-state index in [2.05, 4.69) is 9.97 Å². The van der Waals surface area contributed by atoms with Gasteiger partial charge in [0.1, 0.15) is 5.82 Å². The van der Waals surface area contributed by atoms with Gasteiger partial charge in [0, 0.05) is 5.56 Å². The van der Waals surface area contributed by atoms with Crippen LogP contribution in [0.3, 0.4) is 0 Å². The largest absolute Gasteiger partial charge is 0.418 e. The maximum atomic E-state index is 13.4. The van der Waals surface area contributed by atoms with E-state index in [1.54, 1.807) is 25.1 Å². The lowest BCUT2D eigenvalue weighted by Gasteiger charge is -2.15. The molecule has 1 N–H and O–H groups in total. The number of hydrogen-bond acceptors (Lipinski definition) is 4. The van der Waals surface area contributed by atoms with Gasteiger partial charge in [-0.05, 0) is 36.8 Å². The highest BCUT2D eigenvalue weighted by Crippen LogP contribution is 2.37. The summed E-state index contributed by atoms with van der Waals surface area (Å²) in [5.74, 6) is -1.36. The van der Waals surface area contributed by atoms with Crippen LogP contribution in [0.15, 0.2) is 59.6 Å². The van der Waals surface area contributed by atoms with Crippen molar-refractivity contribution in [1.29, 1.82) is 0 Å². The molecule has 10 heteroatoms. The van der Waals surface area contributed by atoms with E-state index in [4.69, 9.17) is 0 Å². The summed E-state index contributed by atoms with van der Waals surface area (Å²) in [7, 11) is -4.34. The molecule has 5 nitrogen and oxygen atoms in total. The summed E-state index contributed by atoms with van der Waals surface area (Å²) >= 11 is 0. The van der Waals surface area contributed by atoms with Gasteiger partial charge < -0.3 is 0 Å². The number of nitrogens with one attached hydrogen (secondary N) is 1. The SMILES string of the molecule is Cc1ccccc1-c1nc(NS(=O)(=O)c2cccc(F)n2)ccc1C(F)(F)F. The molecule has 28 heavy (non-hydrogen) atoms. The van der Waals surface area contributed by atoms with Crippen molar-refractivity contribution in [3.63, 3.8) is 0 Å². The van der Waals surface area contributed by atoms with Crippen molar-refractivity contribution in [2.75, 3.05) is 4.72 Å². The van der Waals surface area contributed by atoms with Gasteiger partial charge in [-0.1, -0.05) is 30.3 Å². The molecule has 2 heterocycles. The third-order valence-electron chi connectivity index (χ3n) is 3.80. The number of aromatic nitrogens is 2. The van der Waals surface area contributed by atoms with E-state index in [-0.39, 0.29) is 11.4 Å². The highest BCUT2D eigenvalue weighted by atomic mass is 32.2. The van der Waals surface area contributed by atoms with Crippen LogP contribution in [0.5, 0.6) is 0 Å². The van der Waals surface area contributed by atoms with E-state index >= 15 is 0 Å². The van der Waals surface area contributed by atoms with Gasteiger partial charge in [0.25, 0.3) is 10.0 Å². The van der Waals surface area contributed by atoms with Gasteiger partial charge in [-0.3, -0.25) is 4.72 Å². The zero-order valence-corrected chi connectivity index (χ0v) is 15.1. The Morgan fingerprint density at radius 1 is 0.929 bits per heavy atom. The number of alkyl halides is 3. The summed E-state index contributed by atoms with van der Waals surface area (Å²) in [5, 5.41) is -0.619. The second-order valence-electron chi connectivity index (χ2n) is 5.81. The second-order valence-corrected chi connectivity index (χ2v) is 7.44. The number of rotatable bonds is 4. The Morgan fingerprint density at radius 3 is 2.29 bits per heavy atom. The van der Waals surface area contributed by atoms with E-state index < -0.39 is 38.4 Å². The molecule has 0 atom stereocenters. The van der Waals surface area contributed by atoms with Crippen molar-refractivity contribution < 1.29 is 26.0 Å². The molecule has 0 aliphatic rings. The van der Waals surface area contributed by atoms with Gasteiger partial charge in [-0.15, -0.1) is 0 Å². The van der Waals surface area contributed by atoms with Gasteiger partial charge in [0.2, 0.25) is 5.95 Å². The molecule has 1 aromatic carbocycles. The fraction of sp³-hybridized carbons (Fsp3) is 0.111. The third-order valence-corrected chi connectivity index (χ3v) is 5.06. The molecule has 0 fully saturated rings. The van der Waals surface area contributed by atoms with Gasteiger partial charge in [0.15, 0.2) is 5.03 Å². The number of nitrogens with zero attached hydrogens (tertiary/aromatic N) is 2. The Morgan fingerprint density at radius 2 is 1.64 bits per heavy atom. The zero-order valence-electron chi connectivity index (χ0n) is 14.3. The van der Waals surface area contributed by atoms with Crippen LogP contribution in [0, 0.1) is 12.9 Å². The lowest BCUT2D eigenvalue weighted by atomic mass is 10.0. The number of hydrogen-bond donors (Lipinski definition) is 1. The molecule has 0 saturated carbocycles. The summed E-state index contributed by atoms with van der Waals surface area (Å²) < 4.78 is 80.2. The number of pyridine rings is 2. The Hall–Kier alpha value is -3.01. The van der Waals surface area contributed by atoms with Crippen molar-refractivity contribution >= 4 is 15.8 Å². The highest BCUT2D eigenvalue weighted by Gasteiger charge is 2.35. The van der Waals surface area contributed by atoms with Gasteiger partial charge in [0.05, 0.1) is 11.3 Å². The minimum absolute atomic E-state index is 0.208. The average Bonchev–Trinajstić information content (AvgIpc) is 2.61. The molecule has 2 aromatic heterocycles. The first-order chi connectivity index (χ1) is 13.1. The van der Waals surface area contributed by atoms with Crippen molar-refractivity contribution in [3.8, 4) is 11.3 Å². The summed E-state index contributed by atoms with van der Waals surface area (Å²) in [6, 6.07) is 11.1. The minimum atomic E-state index is -4.69. The zero-order chi connectivity index (χ0) is 20.5. The first-order valence-corrected chi connectivity index (χ1v) is 9.36. The maximum absolute atomic E-state index is 13.4. The van der Waals surface area contributed by atoms with E-state index in [1.807, 2.05) is 4.72 Å². The van der Waals surface area contributed by atoms with Crippen molar-refractivity contribution in [2.24, 2.45) is 0 Å². The highest BCUT2D eigenvalue weighted by molar-refractivity contribution is 7.92. The summed E-state index contributed by atoms with van der Waals surface area (Å²) in [5.41, 5.74) is -0.682. The molecule has 0 aliphatic carbocycles. The summed E-state index contributed by atoms with van der Waals surface area (Å²) in [6.07, 6.45) is -4.69. The standard InChI is InChI=1S/C18H13F4N3O2S/c1-11-5-2-3-6-12(11)17-13(18(20,21)22)9-10-15(24-17)25-28(26,27)16-8-4-7-14(19)23-16/h2-10H,1H3,(H,24,25). The maximum Gasteiger partial charge on any atom is 0.418 e. The lowest BCUT2D eigenvalue weighted by Crippen LogP contribution is -2.17. The Kier molecular flexibility index (Phi) is 5.07. The molecule has 0 unspecified atom stereocenters. The summed E-state index contributed by atoms with van der Waals surface area (Å²) in [6.45, 7) is 1.62. The van der Waals surface area contributed by atoms with Crippen molar-refractivity contribution in [2.45, 2.75) is 18.1 Å². The number of sulfonamides is 1. The van der Waals surface area contributed by atoms with Crippen LogP contribution in [0.1, 0.15) is 11.1 Å². The van der Waals surface area contributed by atoms with Crippen LogP contribution in [0.4, 0.5) is 23.4 Å². The van der Waals surface area contributed by atoms with E-state index in [0.717, 1.165) is 30.3 Å². The quantitative estimate of drug-likeness (QED) is 0.510. The smallest absolute Gasteiger partial charge is 0.262 e. The molecular weight excluding hydrogens is 398 g/mol. The first kappa shape index (κ1) is 19.7. The number of benzene rings is 1. The predicted octanol–water partition coefficient (Wildman–Crippen LogP) is 4.41. The molecule has 0 saturated heterocycles. The Balaban J connectivity index is 2.09. The monoisotopic (exact) mass is 411 g/mol. The van der Waals surface area contributed by atoms with Gasteiger partial charge >= 0.3 is 6.18 Å². The minimum Gasteiger partial charge on any atom is -0.262 e. The van der Waals surface area contributed by atoms with Crippen molar-refractivity contribution in [3.05, 3.63) is 71.7 Å². The second kappa shape index (κ2) is 7.19. The Bertz CT molecular complexity index is 1130. The molecule has 0 spiro atoms. The third kappa shape index (κ3) is 4.11. The molecule has 3 rings (SSSR count). The fourth-order valence-corrected chi connectivity index (χ4v) is 3.48. The average molecular weight is 411 g/mol. The van der Waals surface area contributed by atoms with Crippen LogP contribution in [-0.4, -0.2) is 18.4 Å². The Labute approximate surface area is 158 Å². The molecule has 3 aromatic rings. The fourth-order valence-electron chi connectivity index (χ4n) is 2.52. The normalized spacial score (nSPS) is 12.0. The van der Waals surface area contributed by atoms with Crippen LogP contribution in [0.25, 0.3) is 11.3 Å². The van der Waals surface area contributed by atoms with Crippen LogP contribution in [0.2, 0.25) is 0 Å².